The third-order valence-electron chi connectivity index (χ3n) is 12.0. The van der Waals surface area contributed by atoms with Gasteiger partial charge in [0.1, 0.15) is 11.6 Å². The highest BCUT2D eigenvalue weighted by atomic mass is 79.9. The molecule has 4 N–H and O–H groups in total. The molecule has 0 unspecified atom stereocenters. The zero-order valence-corrected chi connectivity index (χ0v) is 42.6. The highest BCUT2D eigenvalue weighted by Crippen LogP contribution is 2.28. The summed E-state index contributed by atoms with van der Waals surface area (Å²) in [6.07, 6.45) is -1.81. The predicted molar refractivity (Wildman–Crippen MR) is 272 cm³/mol. The zero-order valence-electron chi connectivity index (χ0n) is 41.0. The number of alkyl halides is 5. The molecule has 2 fully saturated rings. The zero-order chi connectivity index (χ0) is 53.5. The lowest BCUT2D eigenvalue weighted by Crippen LogP contribution is -2.50. The van der Waals surface area contributed by atoms with Crippen molar-refractivity contribution in [2.24, 2.45) is 0 Å². The minimum absolute atomic E-state index is 0.0314. The van der Waals surface area contributed by atoms with Crippen LogP contribution in [-0.4, -0.2) is 148 Å². The summed E-state index contributed by atoms with van der Waals surface area (Å²) in [6, 6.07) is 25.1. The van der Waals surface area contributed by atoms with Gasteiger partial charge in [0, 0.05) is 97.9 Å². The molecule has 0 aliphatic carbocycles. The number of carbonyl (C=O) groups is 2. The SMILES string of the molecule is O=C(NCCBr)N(Cc1ccc(-c2nnc(C(F)F)o2)cc1F)c1ccccc1.O=C(NCCN1CCN(CCO)CC1)N(Cc1ccc(-c2nnc(C(F)F)o2)cc1F)c1ccccc1.OCCN1CCCCC1. The number of benzene rings is 4. The number of β-amino-alcohol motifs (C(OH)–C–C–N with tert-alkyl or cyclic N) is 2. The second-order valence-corrected chi connectivity index (χ2v) is 17.9. The molecule has 0 radical (unpaired) electrons. The van der Waals surface area contributed by atoms with Crippen molar-refractivity contribution in [2.75, 3.05) is 100 Å². The molecule has 17 nitrogen and oxygen atoms in total. The molecule has 2 aliphatic heterocycles. The summed E-state index contributed by atoms with van der Waals surface area (Å²) in [6.45, 7) is 9.27. The minimum Gasteiger partial charge on any atom is -0.415 e. The normalized spacial score (nSPS) is 14.2. The highest BCUT2D eigenvalue weighted by molar-refractivity contribution is 9.09. The predicted octanol–water partition coefficient (Wildman–Crippen LogP) is 8.53. The van der Waals surface area contributed by atoms with Gasteiger partial charge in [0.15, 0.2) is 0 Å². The molecule has 4 aromatic carbocycles. The van der Waals surface area contributed by atoms with Gasteiger partial charge in [0.25, 0.3) is 11.8 Å². The molecule has 2 aromatic heterocycles. The number of halogens is 7. The fourth-order valence-electron chi connectivity index (χ4n) is 7.98. The number of aromatic nitrogens is 4. The quantitative estimate of drug-likeness (QED) is 0.0446. The van der Waals surface area contributed by atoms with E-state index >= 15 is 0 Å². The van der Waals surface area contributed by atoms with Crippen molar-refractivity contribution >= 4 is 39.4 Å². The topological polar surface area (TPSA) is 193 Å². The minimum atomic E-state index is -2.92. The molecule has 4 heterocycles. The van der Waals surface area contributed by atoms with Crippen LogP contribution in [0.2, 0.25) is 0 Å². The smallest absolute Gasteiger partial charge is 0.322 e. The standard InChI is InChI=1S/C25H29F3N6O3.C19H16BrF3N4O2.C7H15NO/c26-21-16-18(23-30-31-24(37-23)22(27)28)6-7-19(21)17-34(20-4-2-1-3-5-20)25(36)29-8-9-32-10-12-33(13-11-32)14-15-35;20-8-9-24-19(28)27(14-4-2-1-3-5-14)11-13-7-6-12(10-15(13)21)17-25-26-18(29-17)16(22)23;9-7-6-8-4-2-1-3-5-8/h1-7,16,22,35H,8-15,17H2,(H,29,36);1-7,10,16H,8-9,11H2,(H,24,28);9H,1-7H2. The van der Waals surface area contributed by atoms with E-state index in [1.165, 1.54) is 66.4 Å². The van der Waals surface area contributed by atoms with Crippen LogP contribution < -0.4 is 20.4 Å². The average Bonchev–Trinajstić information content (AvgIpc) is 4.14. The Balaban J connectivity index is 0.000000213. The first-order chi connectivity index (χ1) is 36.4. The fourth-order valence-corrected chi connectivity index (χ4v) is 8.18. The van der Waals surface area contributed by atoms with Gasteiger partial charge in [-0.1, -0.05) is 70.9 Å². The van der Waals surface area contributed by atoms with Crippen LogP contribution in [-0.2, 0) is 13.1 Å². The second kappa shape index (κ2) is 30.2. The van der Waals surface area contributed by atoms with Crippen LogP contribution in [0.1, 0.15) is 55.0 Å². The molecule has 0 bridgehead atoms. The number of para-hydroxylation sites is 2. The number of piperazine rings is 1. The Morgan fingerprint density at radius 1 is 0.573 bits per heavy atom. The number of carbonyl (C=O) groups excluding carboxylic acids is 2. The van der Waals surface area contributed by atoms with E-state index in [1.54, 1.807) is 48.5 Å². The third kappa shape index (κ3) is 17.8. The Hall–Kier alpha value is -6.44. The van der Waals surface area contributed by atoms with Crippen molar-refractivity contribution in [1.82, 2.24) is 45.7 Å². The number of nitrogens with one attached hydrogen (secondary N) is 2. The molecular formula is C51H60BrF6N11O6. The maximum atomic E-state index is 15.0. The van der Waals surface area contributed by atoms with Gasteiger partial charge >= 0.3 is 24.9 Å². The summed E-state index contributed by atoms with van der Waals surface area (Å²) in [4.78, 5) is 35.3. The molecule has 0 saturated carbocycles. The van der Waals surface area contributed by atoms with E-state index in [2.05, 4.69) is 61.7 Å². The number of aliphatic hydroxyl groups excluding tert-OH is 2. The van der Waals surface area contributed by atoms with E-state index in [1.807, 2.05) is 12.1 Å². The van der Waals surface area contributed by atoms with Crippen LogP contribution in [0, 0.1) is 11.6 Å². The molecule has 2 aliphatic rings. The average molecular weight is 1120 g/mol. The van der Waals surface area contributed by atoms with Gasteiger partial charge < -0.3 is 34.6 Å². The van der Waals surface area contributed by atoms with Crippen molar-refractivity contribution in [1.29, 1.82) is 0 Å². The summed E-state index contributed by atoms with van der Waals surface area (Å²) >= 11 is 3.24. The Kier molecular flexibility index (Phi) is 23.3. The number of aliphatic hydroxyl groups is 2. The molecule has 6 aromatic rings. The van der Waals surface area contributed by atoms with Crippen LogP contribution >= 0.6 is 15.9 Å². The number of rotatable bonds is 19. The van der Waals surface area contributed by atoms with Crippen molar-refractivity contribution < 1.29 is 55.0 Å². The summed E-state index contributed by atoms with van der Waals surface area (Å²) in [5.74, 6) is -3.35. The van der Waals surface area contributed by atoms with E-state index < -0.39 is 36.3 Å². The summed E-state index contributed by atoms with van der Waals surface area (Å²) < 4.78 is 90.1. The summed E-state index contributed by atoms with van der Waals surface area (Å²) in [5.41, 5.74) is 1.99. The second-order valence-electron chi connectivity index (χ2n) is 17.1. The lowest BCUT2D eigenvalue weighted by atomic mass is 10.1. The number of nitrogens with zero attached hydrogens (tertiary/aromatic N) is 9. The number of urea groups is 2. The summed E-state index contributed by atoms with van der Waals surface area (Å²) in [5, 5.41) is 37.4. The van der Waals surface area contributed by atoms with Crippen molar-refractivity contribution in [3.8, 4) is 22.9 Å². The number of hydrogen-bond acceptors (Lipinski definition) is 13. The van der Waals surface area contributed by atoms with Gasteiger partial charge in [0.2, 0.25) is 11.8 Å². The lowest BCUT2D eigenvalue weighted by Gasteiger charge is -2.34. The van der Waals surface area contributed by atoms with Crippen LogP contribution in [0.5, 0.6) is 0 Å². The van der Waals surface area contributed by atoms with Crippen LogP contribution in [0.25, 0.3) is 22.9 Å². The molecule has 0 atom stereocenters. The number of likely N-dealkylation sites (tertiary alicyclic amines) is 1. The lowest BCUT2D eigenvalue weighted by molar-refractivity contribution is 0.113. The maximum absolute atomic E-state index is 15.0. The van der Waals surface area contributed by atoms with E-state index in [-0.39, 0.29) is 65.8 Å². The molecule has 24 heteroatoms. The van der Waals surface area contributed by atoms with Crippen molar-refractivity contribution in [2.45, 2.75) is 45.2 Å². The number of piperidine rings is 1. The first kappa shape index (κ1) is 57.8. The first-order valence-electron chi connectivity index (χ1n) is 24.3. The molecule has 8 rings (SSSR count). The monoisotopic (exact) mass is 1120 g/mol. The maximum Gasteiger partial charge on any atom is 0.322 e. The van der Waals surface area contributed by atoms with Crippen molar-refractivity contribution in [3.05, 3.63) is 132 Å². The molecule has 404 valence electrons. The number of hydrogen-bond donors (Lipinski definition) is 4. The largest absolute Gasteiger partial charge is 0.415 e. The molecule has 4 amide bonds. The number of anilines is 2. The fraction of sp³-hybridized carbons (Fsp3) is 0.412. The first-order valence-corrected chi connectivity index (χ1v) is 25.5. The Labute approximate surface area is 438 Å². The molecule has 75 heavy (non-hydrogen) atoms. The molecule has 2 saturated heterocycles. The molecular weight excluding hydrogens is 1060 g/mol. The van der Waals surface area contributed by atoms with Gasteiger partial charge in [0.05, 0.1) is 26.3 Å². The Morgan fingerprint density at radius 2 is 0.987 bits per heavy atom. The van der Waals surface area contributed by atoms with Crippen molar-refractivity contribution in [3.63, 3.8) is 0 Å². The molecule has 0 spiro atoms. The van der Waals surface area contributed by atoms with Gasteiger partial charge in [-0.15, -0.1) is 20.4 Å². The number of amides is 4. The van der Waals surface area contributed by atoms with E-state index in [0.717, 1.165) is 44.9 Å². The van der Waals surface area contributed by atoms with Gasteiger partial charge in [-0.05, 0) is 74.5 Å². The van der Waals surface area contributed by atoms with E-state index in [4.69, 9.17) is 19.0 Å². The van der Waals surface area contributed by atoms with Crippen LogP contribution in [0.4, 0.5) is 47.3 Å². The van der Waals surface area contributed by atoms with Crippen LogP contribution in [0.15, 0.2) is 106 Å². The van der Waals surface area contributed by atoms with Gasteiger partial charge in [-0.25, -0.2) is 18.4 Å². The summed E-state index contributed by atoms with van der Waals surface area (Å²) in [7, 11) is 0. The van der Waals surface area contributed by atoms with E-state index in [9.17, 15) is 35.9 Å². The van der Waals surface area contributed by atoms with Gasteiger partial charge in [-0.3, -0.25) is 19.6 Å². The Morgan fingerprint density at radius 3 is 1.37 bits per heavy atom. The van der Waals surface area contributed by atoms with Gasteiger partial charge in [-0.2, -0.15) is 17.6 Å². The highest BCUT2D eigenvalue weighted by Gasteiger charge is 2.24. The van der Waals surface area contributed by atoms with Crippen LogP contribution in [0.3, 0.4) is 0 Å². The third-order valence-corrected chi connectivity index (χ3v) is 12.4. The Bertz CT molecular complexity index is 2640. The van der Waals surface area contributed by atoms with E-state index in [0.29, 0.717) is 49.5 Å².